The zero-order valence-electron chi connectivity index (χ0n) is 3.81. The average Bonchev–Trinajstić information content (AvgIpc) is 1.41. The third kappa shape index (κ3) is 9.16. The first-order valence-electron chi connectivity index (χ1n) is 1.64. The molecule has 0 unspecified atom stereocenters. The average molecular weight is 109 g/mol. The lowest BCUT2D eigenvalue weighted by atomic mass is 10.9. The van der Waals surface area contributed by atoms with Crippen molar-refractivity contribution in [2.24, 2.45) is 0 Å². The van der Waals surface area contributed by atoms with Crippen LogP contribution in [0, 0.1) is 0 Å². The Labute approximate surface area is 44.4 Å². The molecule has 0 rings (SSSR count). The minimum atomic E-state index is 0. The fourth-order valence-electron chi connectivity index (χ4n) is 0.118. The maximum atomic E-state index is 4.60. The third-order valence-electron chi connectivity index (χ3n) is 0.285. The van der Waals surface area contributed by atoms with Gasteiger partial charge in [0.2, 0.25) is 0 Å². The van der Waals surface area contributed by atoms with Crippen LogP contribution in [0.25, 0.3) is 0 Å². The topological polar surface area (TPSA) is 9.23 Å². The molecule has 0 aromatic carbocycles. The zero-order valence-corrected chi connectivity index (χ0v) is 4.62. The summed E-state index contributed by atoms with van der Waals surface area (Å²) in [4.78, 5) is 0. The summed E-state index contributed by atoms with van der Waals surface area (Å²) in [5.74, 6) is 0. The molecule has 0 saturated carbocycles. The van der Waals surface area contributed by atoms with Gasteiger partial charge in [-0.1, -0.05) is 6.58 Å². The molecule has 0 N–H and O–H groups in total. The van der Waals surface area contributed by atoms with Crippen molar-refractivity contribution < 1.29 is 4.74 Å². The second-order valence-corrected chi connectivity index (χ2v) is 0.622. The quantitative estimate of drug-likeness (QED) is 0.488. The lowest BCUT2D eigenvalue weighted by Gasteiger charge is -1.84. The van der Waals surface area contributed by atoms with Crippen molar-refractivity contribution in [1.29, 1.82) is 0 Å². The molecule has 0 atom stereocenters. The number of hydrogen-bond donors (Lipinski definition) is 0. The van der Waals surface area contributed by atoms with E-state index in [0.717, 1.165) is 6.61 Å². The molecule has 0 aromatic rings. The van der Waals surface area contributed by atoms with Gasteiger partial charge in [0, 0.05) is 0 Å². The maximum absolute atomic E-state index is 4.60. The highest BCUT2D eigenvalue weighted by Crippen LogP contribution is 1.65. The SMILES string of the molecule is C=COCC.Cl. The molecule has 38 valence electrons. The van der Waals surface area contributed by atoms with Crippen LogP contribution in [0.15, 0.2) is 12.8 Å². The Balaban J connectivity index is 0. The molecule has 0 bridgehead atoms. The van der Waals surface area contributed by atoms with Crippen LogP contribution in [0.2, 0.25) is 0 Å². The first-order valence-corrected chi connectivity index (χ1v) is 1.64. The standard InChI is InChI=1S/C4H8O.ClH/c1-3-5-4-2;/h3H,1,4H2,2H3;1H. The number of halogens is 1. The van der Waals surface area contributed by atoms with E-state index in [1.165, 1.54) is 6.26 Å². The molecule has 0 aliphatic carbocycles. The second kappa shape index (κ2) is 8.85. The van der Waals surface area contributed by atoms with Crippen molar-refractivity contribution in [1.82, 2.24) is 0 Å². The van der Waals surface area contributed by atoms with E-state index in [1.807, 2.05) is 6.92 Å². The molecule has 0 aromatic heterocycles. The molecule has 0 saturated heterocycles. The lowest BCUT2D eigenvalue weighted by molar-refractivity contribution is 0.270. The van der Waals surface area contributed by atoms with E-state index in [0.29, 0.717) is 0 Å². The maximum Gasteiger partial charge on any atom is 0.0844 e. The summed E-state index contributed by atoms with van der Waals surface area (Å²) < 4.78 is 4.60. The van der Waals surface area contributed by atoms with Crippen molar-refractivity contribution in [2.45, 2.75) is 6.92 Å². The van der Waals surface area contributed by atoms with E-state index >= 15 is 0 Å². The highest BCUT2D eigenvalue weighted by Gasteiger charge is 1.55. The Bertz CT molecular complexity index is 28.7. The molecule has 6 heavy (non-hydrogen) atoms. The molecule has 0 fully saturated rings. The minimum absolute atomic E-state index is 0. The van der Waals surface area contributed by atoms with Gasteiger partial charge in [0.25, 0.3) is 0 Å². The van der Waals surface area contributed by atoms with Gasteiger partial charge in [-0.2, -0.15) is 0 Å². The van der Waals surface area contributed by atoms with Gasteiger partial charge in [0.1, 0.15) is 0 Å². The number of rotatable bonds is 2. The Kier molecular flexibility index (Phi) is 13.7. The normalized spacial score (nSPS) is 5.50. The van der Waals surface area contributed by atoms with Gasteiger partial charge in [0.15, 0.2) is 0 Å². The van der Waals surface area contributed by atoms with Crippen LogP contribution in [0.3, 0.4) is 0 Å². The van der Waals surface area contributed by atoms with E-state index in [2.05, 4.69) is 11.3 Å². The summed E-state index contributed by atoms with van der Waals surface area (Å²) in [5.41, 5.74) is 0. The molecule has 1 nitrogen and oxygen atoms in total. The van der Waals surface area contributed by atoms with Crippen LogP contribution < -0.4 is 0 Å². The van der Waals surface area contributed by atoms with Gasteiger partial charge < -0.3 is 4.74 Å². The summed E-state index contributed by atoms with van der Waals surface area (Å²) in [6.07, 6.45) is 1.43. The zero-order chi connectivity index (χ0) is 4.12. The molecule has 0 radical (unpaired) electrons. The van der Waals surface area contributed by atoms with Crippen LogP contribution in [0.5, 0.6) is 0 Å². The van der Waals surface area contributed by atoms with E-state index in [9.17, 15) is 0 Å². The predicted molar refractivity (Wildman–Crippen MR) is 29.1 cm³/mol. The minimum Gasteiger partial charge on any atom is -0.502 e. The van der Waals surface area contributed by atoms with Crippen molar-refractivity contribution in [3.8, 4) is 0 Å². The van der Waals surface area contributed by atoms with Gasteiger partial charge in [-0.05, 0) is 6.92 Å². The van der Waals surface area contributed by atoms with Crippen molar-refractivity contribution in [3.05, 3.63) is 12.8 Å². The largest absolute Gasteiger partial charge is 0.502 e. The van der Waals surface area contributed by atoms with Crippen molar-refractivity contribution in [3.63, 3.8) is 0 Å². The monoisotopic (exact) mass is 108 g/mol. The molecule has 2 heteroatoms. The molecular formula is C4H9ClO. The summed E-state index contributed by atoms with van der Waals surface area (Å²) in [5, 5.41) is 0. The van der Waals surface area contributed by atoms with Crippen LogP contribution in [-0.2, 0) is 4.74 Å². The van der Waals surface area contributed by atoms with E-state index in [1.54, 1.807) is 0 Å². The van der Waals surface area contributed by atoms with Crippen LogP contribution in [0.4, 0.5) is 0 Å². The van der Waals surface area contributed by atoms with Gasteiger partial charge in [0.05, 0.1) is 12.9 Å². The molecule has 0 heterocycles. The smallest absolute Gasteiger partial charge is 0.0844 e. The summed E-state index contributed by atoms with van der Waals surface area (Å²) in [7, 11) is 0. The molecular weight excluding hydrogens is 99.5 g/mol. The van der Waals surface area contributed by atoms with Crippen LogP contribution in [-0.4, -0.2) is 6.61 Å². The van der Waals surface area contributed by atoms with Gasteiger partial charge in [-0.3, -0.25) is 0 Å². The molecule has 0 amide bonds. The Morgan fingerprint density at radius 2 is 2.33 bits per heavy atom. The van der Waals surface area contributed by atoms with Gasteiger partial charge in [-0.15, -0.1) is 12.4 Å². The first-order chi connectivity index (χ1) is 2.41. The fraction of sp³-hybridized carbons (Fsp3) is 0.500. The van der Waals surface area contributed by atoms with Gasteiger partial charge >= 0.3 is 0 Å². The fourth-order valence-corrected chi connectivity index (χ4v) is 0.118. The van der Waals surface area contributed by atoms with Crippen LogP contribution in [0.1, 0.15) is 6.92 Å². The van der Waals surface area contributed by atoms with Crippen molar-refractivity contribution in [2.75, 3.05) is 6.61 Å². The summed E-state index contributed by atoms with van der Waals surface area (Å²) in [6, 6.07) is 0. The van der Waals surface area contributed by atoms with E-state index < -0.39 is 0 Å². The molecule has 0 spiro atoms. The predicted octanol–water partition coefficient (Wildman–Crippen LogP) is 1.59. The van der Waals surface area contributed by atoms with E-state index in [4.69, 9.17) is 0 Å². The van der Waals surface area contributed by atoms with Gasteiger partial charge in [-0.25, -0.2) is 0 Å². The summed E-state index contributed by atoms with van der Waals surface area (Å²) in [6.45, 7) is 5.97. The lowest BCUT2D eigenvalue weighted by Crippen LogP contribution is -1.72. The second-order valence-electron chi connectivity index (χ2n) is 0.622. The van der Waals surface area contributed by atoms with E-state index in [-0.39, 0.29) is 12.4 Å². The number of ether oxygens (including phenoxy) is 1. The molecule has 0 aliphatic rings. The first kappa shape index (κ1) is 9.27. The Morgan fingerprint density at radius 1 is 1.83 bits per heavy atom. The third-order valence-corrected chi connectivity index (χ3v) is 0.285. The Hall–Kier alpha value is -0.170. The van der Waals surface area contributed by atoms with Crippen molar-refractivity contribution >= 4 is 12.4 Å². The molecule has 0 aliphatic heterocycles. The highest BCUT2D eigenvalue weighted by molar-refractivity contribution is 5.85. The summed E-state index contributed by atoms with van der Waals surface area (Å²) >= 11 is 0. The van der Waals surface area contributed by atoms with Crippen LogP contribution >= 0.6 is 12.4 Å². The Morgan fingerprint density at radius 3 is 2.33 bits per heavy atom. The number of hydrogen-bond acceptors (Lipinski definition) is 1. The highest BCUT2D eigenvalue weighted by atomic mass is 35.5.